The van der Waals surface area contributed by atoms with Crippen molar-refractivity contribution in [3.05, 3.63) is 42.1 Å². The van der Waals surface area contributed by atoms with Crippen LogP contribution in [0, 0.1) is 6.92 Å². The molecule has 0 saturated heterocycles. The number of hydrogen-bond acceptors (Lipinski definition) is 6. The van der Waals surface area contributed by atoms with Crippen molar-refractivity contribution in [2.24, 2.45) is 0 Å². The topological polar surface area (TPSA) is 118 Å². The molecule has 2 heterocycles. The number of amides is 2. The normalized spacial score (nSPS) is 16.1. The quantitative estimate of drug-likeness (QED) is 0.777. The lowest BCUT2D eigenvalue weighted by Crippen LogP contribution is -2.36. The average molecular weight is 404 g/mol. The minimum absolute atomic E-state index is 0.00253. The highest BCUT2D eigenvalue weighted by molar-refractivity contribution is 7.89. The number of carbonyl (C=O) groups excluding carboxylic acids is 2. The molecule has 2 amide bonds. The number of sulfonamides is 1. The maximum atomic E-state index is 13.0. The molecule has 1 aliphatic rings. The summed E-state index contributed by atoms with van der Waals surface area (Å²) in [5.41, 5.74) is 0.837. The molecule has 28 heavy (non-hydrogen) atoms. The zero-order valence-electron chi connectivity index (χ0n) is 15.6. The summed E-state index contributed by atoms with van der Waals surface area (Å²) in [5.74, 6) is -0.215. The molecule has 9 nitrogen and oxygen atoms in total. The van der Waals surface area contributed by atoms with Gasteiger partial charge in [0.05, 0.1) is 17.1 Å². The number of aromatic nitrogens is 1. The molecule has 0 radical (unpaired) electrons. The third kappa shape index (κ3) is 3.97. The number of rotatable bonds is 5. The number of likely N-dealkylation sites (N-methyl/N-ethyl adjacent to an activating group) is 1. The number of nitrogens with zero attached hydrogens (tertiary/aromatic N) is 2. The highest BCUT2D eigenvalue weighted by Crippen LogP contribution is 2.35. The summed E-state index contributed by atoms with van der Waals surface area (Å²) < 4.78 is 32.4. The summed E-state index contributed by atoms with van der Waals surface area (Å²) in [6, 6.07) is 7.92. The minimum atomic E-state index is -3.96. The Kier molecular flexibility index (Phi) is 5.34. The van der Waals surface area contributed by atoms with Gasteiger partial charge in [0.15, 0.2) is 6.10 Å². The molecule has 1 aromatic carbocycles. The Hall–Kier alpha value is -2.98. The number of pyridine rings is 1. The molecule has 2 N–H and O–H groups in total. The molecular weight excluding hydrogens is 384 g/mol. The fraction of sp³-hybridized carbons (Fsp3) is 0.278. The van der Waals surface area contributed by atoms with Gasteiger partial charge in [-0.1, -0.05) is 6.07 Å². The molecule has 1 aromatic heterocycles. The molecule has 3 rings (SSSR count). The first-order chi connectivity index (χ1) is 13.2. The van der Waals surface area contributed by atoms with Crippen molar-refractivity contribution in [1.29, 1.82) is 0 Å². The van der Waals surface area contributed by atoms with E-state index < -0.39 is 22.0 Å². The van der Waals surface area contributed by atoms with Crippen LogP contribution in [0.3, 0.4) is 0 Å². The third-order valence-electron chi connectivity index (χ3n) is 4.19. The Balaban J connectivity index is 1.81. The van der Waals surface area contributed by atoms with Gasteiger partial charge in [-0.05, 0) is 37.6 Å². The molecule has 0 saturated carbocycles. The minimum Gasteiger partial charge on any atom is -0.479 e. The Morgan fingerprint density at radius 2 is 2.11 bits per heavy atom. The van der Waals surface area contributed by atoms with Gasteiger partial charge in [-0.25, -0.2) is 13.4 Å². The largest absolute Gasteiger partial charge is 0.479 e. The maximum absolute atomic E-state index is 13.0. The van der Waals surface area contributed by atoms with Gasteiger partial charge in [0.25, 0.3) is 5.91 Å². The summed E-state index contributed by atoms with van der Waals surface area (Å²) in [4.78, 5) is 27.9. The van der Waals surface area contributed by atoms with Crippen LogP contribution in [0.1, 0.15) is 12.5 Å². The Labute approximate surface area is 162 Å². The number of carbonyl (C=O) groups is 2. The molecule has 0 bridgehead atoms. The van der Waals surface area contributed by atoms with Crippen LogP contribution in [-0.4, -0.2) is 49.2 Å². The molecule has 0 spiro atoms. The van der Waals surface area contributed by atoms with Crippen molar-refractivity contribution in [2.75, 3.05) is 24.2 Å². The van der Waals surface area contributed by atoms with E-state index in [0.29, 0.717) is 17.1 Å². The van der Waals surface area contributed by atoms with Crippen LogP contribution in [0.4, 0.5) is 11.5 Å². The van der Waals surface area contributed by atoms with Gasteiger partial charge < -0.3 is 15.4 Å². The maximum Gasteiger partial charge on any atom is 0.265 e. The number of anilines is 2. The van der Waals surface area contributed by atoms with Gasteiger partial charge in [-0.2, -0.15) is 4.31 Å². The Morgan fingerprint density at radius 3 is 2.79 bits per heavy atom. The van der Waals surface area contributed by atoms with Crippen LogP contribution < -0.4 is 15.4 Å². The second-order valence-corrected chi connectivity index (χ2v) is 8.40. The lowest BCUT2D eigenvalue weighted by Gasteiger charge is -2.25. The highest BCUT2D eigenvalue weighted by Gasteiger charge is 2.30. The van der Waals surface area contributed by atoms with Gasteiger partial charge in [0.1, 0.15) is 11.6 Å². The fourth-order valence-corrected chi connectivity index (χ4v) is 4.04. The van der Waals surface area contributed by atoms with E-state index in [1.165, 1.54) is 25.4 Å². The van der Waals surface area contributed by atoms with Crippen molar-refractivity contribution in [2.45, 2.75) is 24.8 Å². The molecule has 1 atom stereocenters. The standard InChI is InChI=1S/C18H20N4O5S/c1-11-8-13-14(27-12(2)18(24)20-13)9-15(11)28(25,26)22(3)10-17(23)21-16-6-4-5-7-19-16/h4-9,12H,10H2,1-3H3,(H,20,24)(H,19,21,23)/t12-/m0/s1. The second kappa shape index (κ2) is 7.56. The van der Waals surface area contributed by atoms with E-state index in [1.807, 2.05) is 0 Å². The van der Waals surface area contributed by atoms with E-state index in [4.69, 9.17) is 4.74 Å². The van der Waals surface area contributed by atoms with Gasteiger partial charge in [-0.15, -0.1) is 0 Å². The van der Waals surface area contributed by atoms with Crippen LogP contribution in [0.5, 0.6) is 5.75 Å². The number of fused-ring (bicyclic) bond motifs is 1. The zero-order valence-corrected chi connectivity index (χ0v) is 16.4. The van der Waals surface area contributed by atoms with Crippen LogP contribution >= 0.6 is 0 Å². The van der Waals surface area contributed by atoms with Crippen LogP contribution in [0.2, 0.25) is 0 Å². The second-order valence-electron chi connectivity index (χ2n) is 6.39. The molecule has 2 aromatic rings. The lowest BCUT2D eigenvalue weighted by molar-refractivity contribution is -0.122. The Morgan fingerprint density at radius 1 is 1.36 bits per heavy atom. The van der Waals surface area contributed by atoms with E-state index in [9.17, 15) is 18.0 Å². The summed E-state index contributed by atoms with van der Waals surface area (Å²) in [5, 5.41) is 5.22. The summed E-state index contributed by atoms with van der Waals surface area (Å²) >= 11 is 0. The van der Waals surface area contributed by atoms with Crippen LogP contribution in [-0.2, 0) is 19.6 Å². The first kappa shape index (κ1) is 19.8. The highest BCUT2D eigenvalue weighted by atomic mass is 32.2. The predicted octanol–water partition coefficient (Wildman–Crippen LogP) is 1.37. The zero-order chi connectivity index (χ0) is 20.5. The van der Waals surface area contributed by atoms with E-state index in [0.717, 1.165) is 4.31 Å². The average Bonchev–Trinajstić information content (AvgIpc) is 2.63. The lowest BCUT2D eigenvalue weighted by atomic mass is 10.1. The molecule has 1 aliphatic heterocycles. The fourth-order valence-electron chi connectivity index (χ4n) is 2.70. The first-order valence-corrected chi connectivity index (χ1v) is 9.92. The number of hydrogen-bond donors (Lipinski definition) is 2. The van der Waals surface area contributed by atoms with E-state index >= 15 is 0 Å². The van der Waals surface area contributed by atoms with Crippen molar-refractivity contribution in [3.8, 4) is 5.75 Å². The predicted molar refractivity (Wildman–Crippen MR) is 103 cm³/mol. The van der Waals surface area contributed by atoms with E-state index in [-0.39, 0.29) is 23.1 Å². The monoisotopic (exact) mass is 404 g/mol. The SMILES string of the molecule is Cc1cc2c(cc1S(=O)(=O)N(C)CC(=O)Nc1ccccn1)O[C@@H](C)C(=O)N2. The van der Waals surface area contributed by atoms with Crippen molar-refractivity contribution < 1.29 is 22.7 Å². The smallest absolute Gasteiger partial charge is 0.265 e. The molecule has 0 unspecified atom stereocenters. The van der Waals surface area contributed by atoms with Gasteiger partial charge in [0, 0.05) is 19.3 Å². The number of aryl methyl sites for hydroxylation is 1. The van der Waals surface area contributed by atoms with E-state index in [1.54, 1.807) is 32.0 Å². The number of ether oxygens (including phenoxy) is 1. The molecule has 0 fully saturated rings. The van der Waals surface area contributed by atoms with Gasteiger partial charge >= 0.3 is 0 Å². The molecule has 0 aliphatic carbocycles. The number of benzene rings is 1. The molecule has 10 heteroatoms. The van der Waals surface area contributed by atoms with Crippen molar-refractivity contribution in [1.82, 2.24) is 9.29 Å². The van der Waals surface area contributed by atoms with E-state index in [2.05, 4.69) is 15.6 Å². The van der Waals surface area contributed by atoms with Gasteiger partial charge in [0.2, 0.25) is 15.9 Å². The Bertz CT molecular complexity index is 1020. The third-order valence-corrected chi connectivity index (χ3v) is 6.14. The van der Waals surface area contributed by atoms with Crippen molar-refractivity contribution >= 4 is 33.3 Å². The van der Waals surface area contributed by atoms with Gasteiger partial charge in [-0.3, -0.25) is 9.59 Å². The van der Waals surface area contributed by atoms with Crippen LogP contribution in [0.25, 0.3) is 0 Å². The summed E-state index contributed by atoms with van der Waals surface area (Å²) in [6.45, 7) is 2.79. The molecule has 148 valence electrons. The summed E-state index contributed by atoms with van der Waals surface area (Å²) in [6.07, 6.45) is 0.791. The number of nitrogens with one attached hydrogen (secondary N) is 2. The van der Waals surface area contributed by atoms with Crippen molar-refractivity contribution in [3.63, 3.8) is 0 Å². The first-order valence-electron chi connectivity index (χ1n) is 8.48. The van der Waals surface area contributed by atoms with Crippen LogP contribution in [0.15, 0.2) is 41.4 Å². The summed E-state index contributed by atoms with van der Waals surface area (Å²) in [7, 11) is -2.65. The molecular formula is C18H20N4O5S.